The van der Waals surface area contributed by atoms with E-state index < -0.39 is 0 Å². The van der Waals surface area contributed by atoms with E-state index in [1.54, 1.807) is 0 Å². The molecular formula is C11H18ClN3. The van der Waals surface area contributed by atoms with Gasteiger partial charge < -0.3 is 16.0 Å². The molecule has 0 bridgehead atoms. The minimum atomic E-state index is 0.431. The molecule has 1 aromatic rings. The Morgan fingerprint density at radius 3 is 2.67 bits per heavy atom. The highest BCUT2D eigenvalue weighted by Gasteiger charge is 2.07. The number of rotatable bonds is 4. The quantitative estimate of drug-likeness (QED) is 0.776. The van der Waals surface area contributed by atoms with Gasteiger partial charge in [0, 0.05) is 12.6 Å². The molecule has 0 spiro atoms. The van der Waals surface area contributed by atoms with Crippen LogP contribution in [-0.4, -0.2) is 31.6 Å². The van der Waals surface area contributed by atoms with E-state index in [0.29, 0.717) is 16.8 Å². The van der Waals surface area contributed by atoms with Crippen LogP contribution in [0.1, 0.15) is 6.92 Å². The number of nitrogens with two attached hydrogens (primary N) is 1. The van der Waals surface area contributed by atoms with Crippen molar-refractivity contribution in [3.05, 3.63) is 23.2 Å². The highest BCUT2D eigenvalue weighted by molar-refractivity contribution is 6.33. The van der Waals surface area contributed by atoms with Gasteiger partial charge in [0.1, 0.15) is 0 Å². The van der Waals surface area contributed by atoms with Gasteiger partial charge in [0.15, 0.2) is 0 Å². The normalized spacial score (nSPS) is 12.9. The number of hydrogen-bond acceptors (Lipinski definition) is 3. The first-order valence-electron chi connectivity index (χ1n) is 4.96. The smallest absolute Gasteiger partial charge is 0.0763 e. The molecule has 0 amide bonds. The van der Waals surface area contributed by atoms with E-state index in [2.05, 4.69) is 17.1 Å². The van der Waals surface area contributed by atoms with Crippen LogP contribution in [-0.2, 0) is 0 Å². The second-order valence-electron chi connectivity index (χ2n) is 3.90. The van der Waals surface area contributed by atoms with E-state index in [-0.39, 0.29) is 0 Å². The zero-order valence-corrected chi connectivity index (χ0v) is 10.2. The van der Waals surface area contributed by atoms with Crippen LogP contribution in [0.25, 0.3) is 0 Å². The molecular weight excluding hydrogens is 210 g/mol. The lowest BCUT2D eigenvalue weighted by Gasteiger charge is -2.21. The topological polar surface area (TPSA) is 41.3 Å². The number of hydrogen-bond donors (Lipinski definition) is 2. The minimum Gasteiger partial charge on any atom is -0.397 e. The van der Waals surface area contributed by atoms with E-state index in [9.17, 15) is 0 Å². The predicted octanol–water partition coefficient (Wildman–Crippen LogP) is 2.28. The highest BCUT2D eigenvalue weighted by atomic mass is 35.5. The van der Waals surface area contributed by atoms with Gasteiger partial charge in [-0.3, -0.25) is 0 Å². The molecule has 0 saturated heterocycles. The predicted molar refractivity (Wildman–Crippen MR) is 67.5 cm³/mol. The molecule has 0 radical (unpaired) electrons. The number of halogens is 1. The molecule has 3 N–H and O–H groups in total. The maximum Gasteiger partial charge on any atom is 0.0763 e. The first-order chi connectivity index (χ1) is 7.02. The molecule has 4 heteroatoms. The van der Waals surface area contributed by atoms with Gasteiger partial charge in [-0.2, -0.15) is 0 Å². The lowest BCUT2D eigenvalue weighted by Crippen LogP contribution is -2.31. The summed E-state index contributed by atoms with van der Waals surface area (Å²) in [5, 5.41) is 3.93. The Hall–Kier alpha value is -0.930. The van der Waals surface area contributed by atoms with E-state index in [4.69, 9.17) is 17.3 Å². The third kappa shape index (κ3) is 3.29. The van der Waals surface area contributed by atoms with Crippen LogP contribution in [0.2, 0.25) is 5.02 Å². The zero-order valence-electron chi connectivity index (χ0n) is 9.42. The lowest BCUT2D eigenvalue weighted by molar-refractivity contribution is 0.326. The molecule has 1 rings (SSSR count). The van der Waals surface area contributed by atoms with Gasteiger partial charge in [-0.05, 0) is 33.2 Å². The number of nitrogen functional groups attached to an aromatic ring is 1. The molecule has 15 heavy (non-hydrogen) atoms. The largest absolute Gasteiger partial charge is 0.397 e. The molecule has 1 aromatic carbocycles. The first-order valence-corrected chi connectivity index (χ1v) is 5.34. The summed E-state index contributed by atoms with van der Waals surface area (Å²) in [5.41, 5.74) is 7.34. The molecule has 0 aliphatic heterocycles. The van der Waals surface area contributed by atoms with E-state index in [1.165, 1.54) is 0 Å². The molecule has 0 aliphatic rings. The third-order valence-corrected chi connectivity index (χ3v) is 2.82. The van der Waals surface area contributed by atoms with Crippen molar-refractivity contribution in [3.8, 4) is 0 Å². The summed E-state index contributed by atoms with van der Waals surface area (Å²) in [6, 6.07) is 5.95. The van der Waals surface area contributed by atoms with Gasteiger partial charge in [0.05, 0.1) is 16.4 Å². The van der Waals surface area contributed by atoms with Crippen LogP contribution in [0.15, 0.2) is 18.2 Å². The van der Waals surface area contributed by atoms with Gasteiger partial charge in [0.25, 0.3) is 0 Å². The average Bonchev–Trinajstić information content (AvgIpc) is 2.16. The van der Waals surface area contributed by atoms with Crippen LogP contribution >= 0.6 is 11.6 Å². The Morgan fingerprint density at radius 1 is 1.47 bits per heavy atom. The van der Waals surface area contributed by atoms with Gasteiger partial charge in [0.2, 0.25) is 0 Å². The Morgan fingerprint density at radius 2 is 2.13 bits per heavy atom. The molecule has 0 aliphatic carbocycles. The monoisotopic (exact) mass is 227 g/mol. The summed E-state index contributed by atoms with van der Waals surface area (Å²) in [4.78, 5) is 2.14. The summed E-state index contributed by atoms with van der Waals surface area (Å²) in [6.07, 6.45) is 0. The summed E-state index contributed by atoms with van der Waals surface area (Å²) < 4.78 is 0. The van der Waals surface area contributed by atoms with Crippen LogP contribution in [0.5, 0.6) is 0 Å². The number of likely N-dealkylation sites (N-methyl/N-ethyl adjacent to an activating group) is 1. The van der Waals surface area contributed by atoms with Gasteiger partial charge >= 0.3 is 0 Å². The van der Waals surface area contributed by atoms with Crippen molar-refractivity contribution in [2.75, 3.05) is 31.7 Å². The van der Waals surface area contributed by atoms with E-state index in [0.717, 1.165) is 12.2 Å². The van der Waals surface area contributed by atoms with Crippen molar-refractivity contribution in [3.63, 3.8) is 0 Å². The van der Waals surface area contributed by atoms with Crippen LogP contribution in [0, 0.1) is 0 Å². The summed E-state index contributed by atoms with van der Waals surface area (Å²) in [7, 11) is 4.09. The maximum atomic E-state index is 6.04. The highest BCUT2D eigenvalue weighted by Crippen LogP contribution is 2.27. The number of anilines is 2. The SMILES string of the molecule is CC(CNc1c(N)cccc1Cl)N(C)C. The second kappa shape index (κ2) is 5.24. The molecule has 0 saturated carbocycles. The third-order valence-electron chi connectivity index (χ3n) is 2.50. The van der Waals surface area contributed by atoms with Crippen LogP contribution in [0.4, 0.5) is 11.4 Å². The summed E-state index contributed by atoms with van der Waals surface area (Å²) >= 11 is 6.04. The van der Waals surface area contributed by atoms with Gasteiger partial charge in [-0.1, -0.05) is 17.7 Å². The fourth-order valence-electron chi connectivity index (χ4n) is 1.16. The number of para-hydroxylation sites is 1. The molecule has 1 atom stereocenters. The summed E-state index contributed by atoms with van der Waals surface area (Å²) in [5.74, 6) is 0. The molecule has 0 heterocycles. The lowest BCUT2D eigenvalue weighted by atomic mass is 10.2. The molecule has 84 valence electrons. The Kier molecular flexibility index (Phi) is 4.24. The maximum absolute atomic E-state index is 6.04. The van der Waals surface area contributed by atoms with Crippen molar-refractivity contribution in [2.24, 2.45) is 0 Å². The van der Waals surface area contributed by atoms with Crippen LogP contribution < -0.4 is 11.1 Å². The molecule has 0 aromatic heterocycles. The van der Waals surface area contributed by atoms with E-state index in [1.807, 2.05) is 32.3 Å². The van der Waals surface area contributed by atoms with Gasteiger partial charge in [-0.25, -0.2) is 0 Å². The summed E-state index contributed by atoms with van der Waals surface area (Å²) in [6.45, 7) is 2.96. The fraction of sp³-hybridized carbons (Fsp3) is 0.455. The number of nitrogens with zero attached hydrogens (tertiary/aromatic N) is 1. The average molecular weight is 228 g/mol. The number of nitrogens with one attached hydrogen (secondary N) is 1. The standard InChI is InChI=1S/C11H18ClN3/c1-8(15(2)3)7-14-11-9(12)5-4-6-10(11)13/h4-6,8,14H,7,13H2,1-3H3. The second-order valence-corrected chi connectivity index (χ2v) is 4.30. The van der Waals surface area contributed by atoms with Crippen LogP contribution in [0.3, 0.4) is 0 Å². The molecule has 1 unspecified atom stereocenters. The Labute approximate surface area is 96.2 Å². The minimum absolute atomic E-state index is 0.431. The van der Waals surface area contributed by atoms with Crippen molar-refractivity contribution < 1.29 is 0 Å². The van der Waals surface area contributed by atoms with Crippen molar-refractivity contribution >= 4 is 23.0 Å². The van der Waals surface area contributed by atoms with Crippen molar-refractivity contribution in [1.29, 1.82) is 0 Å². The van der Waals surface area contributed by atoms with E-state index >= 15 is 0 Å². The van der Waals surface area contributed by atoms with Gasteiger partial charge in [-0.15, -0.1) is 0 Å². The Balaban J connectivity index is 2.65. The molecule has 0 fully saturated rings. The fourth-order valence-corrected chi connectivity index (χ4v) is 1.41. The number of benzene rings is 1. The zero-order chi connectivity index (χ0) is 11.4. The van der Waals surface area contributed by atoms with Crippen molar-refractivity contribution in [1.82, 2.24) is 4.90 Å². The Bertz CT molecular complexity index is 305. The first kappa shape index (κ1) is 12.1. The molecule has 3 nitrogen and oxygen atoms in total. The van der Waals surface area contributed by atoms with Crippen molar-refractivity contribution in [2.45, 2.75) is 13.0 Å².